The van der Waals surface area contributed by atoms with E-state index in [1.807, 2.05) is 19.1 Å². The minimum atomic E-state index is -3.39. The van der Waals surface area contributed by atoms with Crippen LogP contribution in [0, 0.1) is 6.92 Å². The van der Waals surface area contributed by atoms with Gasteiger partial charge in [0, 0.05) is 19.6 Å². The predicted octanol–water partition coefficient (Wildman–Crippen LogP) is 2.41. The Kier molecular flexibility index (Phi) is 5.18. The Morgan fingerprint density at radius 1 is 1.10 bits per heavy atom. The van der Waals surface area contributed by atoms with Crippen molar-refractivity contribution in [3.05, 3.63) is 29.3 Å². The van der Waals surface area contributed by atoms with Gasteiger partial charge in [-0.25, -0.2) is 8.42 Å². The number of hydrogen-bond donors (Lipinski definition) is 1. The number of nitrogens with two attached hydrogens (primary N) is 1. The van der Waals surface area contributed by atoms with Gasteiger partial charge in [0.25, 0.3) is 0 Å². The van der Waals surface area contributed by atoms with Gasteiger partial charge in [-0.3, -0.25) is 0 Å². The van der Waals surface area contributed by atoms with Crippen molar-refractivity contribution in [1.29, 1.82) is 0 Å². The molecule has 1 aliphatic heterocycles. The first-order valence-corrected chi connectivity index (χ1v) is 8.79. The summed E-state index contributed by atoms with van der Waals surface area (Å²) >= 11 is 0. The fourth-order valence-corrected chi connectivity index (χ4v) is 4.44. The van der Waals surface area contributed by atoms with Crippen molar-refractivity contribution in [3.8, 4) is 0 Å². The van der Waals surface area contributed by atoms with Gasteiger partial charge in [0.15, 0.2) is 0 Å². The second-order valence-corrected chi connectivity index (χ2v) is 7.38. The highest BCUT2D eigenvalue weighted by atomic mass is 32.2. The molecular weight excluding hydrogens is 272 g/mol. The third kappa shape index (κ3) is 3.40. The summed E-state index contributed by atoms with van der Waals surface area (Å²) in [7, 11) is -3.39. The maximum atomic E-state index is 12.8. The summed E-state index contributed by atoms with van der Waals surface area (Å²) in [6.45, 7) is 3.48. The molecule has 1 aromatic rings. The monoisotopic (exact) mass is 296 g/mol. The molecule has 0 aromatic heterocycles. The average Bonchev–Trinajstić information content (AvgIpc) is 2.38. The normalized spacial score (nSPS) is 18.5. The molecule has 5 heteroatoms. The molecule has 112 valence electrons. The van der Waals surface area contributed by atoms with Gasteiger partial charge in [0.1, 0.15) is 0 Å². The molecule has 0 radical (unpaired) electrons. The fourth-order valence-electron chi connectivity index (χ4n) is 2.65. The number of benzene rings is 1. The van der Waals surface area contributed by atoms with Crippen LogP contribution in [0.2, 0.25) is 0 Å². The number of aryl methyl sites for hydroxylation is 1. The van der Waals surface area contributed by atoms with Gasteiger partial charge in [-0.15, -0.1) is 0 Å². The Balaban J connectivity index is 2.32. The standard InChI is InChI=1S/C15H24N2O2S/c1-13-7-8-14(12-16)11-15(13)20(18,19)17-9-5-3-2-4-6-10-17/h7-8,11H,2-6,9-10,12,16H2,1H3. The Hall–Kier alpha value is -0.910. The number of hydrogen-bond acceptors (Lipinski definition) is 3. The number of sulfonamides is 1. The first kappa shape index (κ1) is 15.5. The summed E-state index contributed by atoms with van der Waals surface area (Å²) in [5.41, 5.74) is 7.29. The maximum Gasteiger partial charge on any atom is 0.243 e. The van der Waals surface area contributed by atoms with Crippen LogP contribution in [0.15, 0.2) is 23.1 Å². The zero-order chi connectivity index (χ0) is 14.6. The van der Waals surface area contributed by atoms with Gasteiger partial charge >= 0.3 is 0 Å². The van der Waals surface area contributed by atoms with Crippen LogP contribution in [0.4, 0.5) is 0 Å². The summed E-state index contributed by atoms with van der Waals surface area (Å²) in [5, 5.41) is 0. The van der Waals surface area contributed by atoms with Crippen LogP contribution in [-0.2, 0) is 16.6 Å². The molecule has 0 aliphatic carbocycles. The third-order valence-electron chi connectivity index (χ3n) is 3.92. The third-order valence-corrected chi connectivity index (χ3v) is 5.96. The maximum absolute atomic E-state index is 12.8. The average molecular weight is 296 g/mol. The van der Waals surface area contributed by atoms with Crippen molar-refractivity contribution in [2.24, 2.45) is 5.73 Å². The van der Waals surface area contributed by atoms with Gasteiger partial charge < -0.3 is 5.73 Å². The highest BCUT2D eigenvalue weighted by molar-refractivity contribution is 7.89. The molecule has 0 atom stereocenters. The smallest absolute Gasteiger partial charge is 0.243 e. The zero-order valence-electron chi connectivity index (χ0n) is 12.1. The van der Waals surface area contributed by atoms with Crippen LogP contribution in [0.1, 0.15) is 43.2 Å². The lowest BCUT2D eigenvalue weighted by Crippen LogP contribution is -2.34. The lowest BCUT2D eigenvalue weighted by molar-refractivity contribution is 0.364. The molecular formula is C15H24N2O2S. The van der Waals surface area contributed by atoms with Crippen LogP contribution in [0.5, 0.6) is 0 Å². The van der Waals surface area contributed by atoms with E-state index in [1.165, 1.54) is 6.42 Å². The Labute approximate surface area is 122 Å². The number of nitrogens with zero attached hydrogens (tertiary/aromatic N) is 1. The van der Waals surface area contributed by atoms with Crippen LogP contribution >= 0.6 is 0 Å². The van der Waals surface area contributed by atoms with E-state index in [9.17, 15) is 8.42 Å². The van der Waals surface area contributed by atoms with Crippen LogP contribution in [0.3, 0.4) is 0 Å². The molecule has 0 amide bonds. The van der Waals surface area contributed by atoms with Gasteiger partial charge in [-0.2, -0.15) is 4.31 Å². The van der Waals surface area contributed by atoms with Gasteiger partial charge in [0.05, 0.1) is 4.90 Å². The molecule has 4 nitrogen and oxygen atoms in total. The SMILES string of the molecule is Cc1ccc(CN)cc1S(=O)(=O)N1CCCCCCC1. The molecule has 1 heterocycles. The molecule has 2 rings (SSSR count). The lowest BCUT2D eigenvalue weighted by atomic mass is 10.1. The summed E-state index contributed by atoms with van der Waals surface area (Å²) in [6.07, 6.45) is 5.36. The van der Waals surface area contributed by atoms with E-state index in [-0.39, 0.29) is 0 Å². The topological polar surface area (TPSA) is 63.4 Å². The van der Waals surface area contributed by atoms with Crippen molar-refractivity contribution >= 4 is 10.0 Å². The molecule has 0 bridgehead atoms. The van der Waals surface area contributed by atoms with E-state index < -0.39 is 10.0 Å². The molecule has 1 aromatic carbocycles. The Bertz CT molecular complexity index is 547. The van der Waals surface area contributed by atoms with E-state index in [0.29, 0.717) is 24.5 Å². The van der Waals surface area contributed by atoms with Gasteiger partial charge in [-0.1, -0.05) is 31.4 Å². The second-order valence-electron chi connectivity index (χ2n) is 5.48. The van der Waals surface area contributed by atoms with Crippen molar-refractivity contribution < 1.29 is 8.42 Å². The summed E-state index contributed by atoms with van der Waals surface area (Å²) < 4.78 is 27.3. The Morgan fingerprint density at radius 3 is 2.30 bits per heavy atom. The predicted molar refractivity (Wildman–Crippen MR) is 80.9 cm³/mol. The molecule has 2 N–H and O–H groups in total. The Morgan fingerprint density at radius 2 is 1.70 bits per heavy atom. The van der Waals surface area contributed by atoms with Crippen LogP contribution < -0.4 is 5.73 Å². The molecule has 0 saturated carbocycles. The zero-order valence-corrected chi connectivity index (χ0v) is 13.0. The van der Waals surface area contributed by atoms with E-state index in [2.05, 4.69) is 0 Å². The van der Waals surface area contributed by atoms with Gasteiger partial charge in [-0.05, 0) is 37.0 Å². The van der Waals surface area contributed by atoms with Crippen molar-refractivity contribution in [3.63, 3.8) is 0 Å². The summed E-state index contributed by atoms with van der Waals surface area (Å²) in [5.74, 6) is 0. The highest BCUT2D eigenvalue weighted by Gasteiger charge is 2.26. The molecule has 0 spiro atoms. The van der Waals surface area contributed by atoms with Crippen molar-refractivity contribution in [2.45, 2.75) is 50.5 Å². The van der Waals surface area contributed by atoms with E-state index in [4.69, 9.17) is 5.73 Å². The molecule has 1 aliphatic rings. The molecule has 1 saturated heterocycles. The van der Waals surface area contributed by atoms with Crippen molar-refractivity contribution in [1.82, 2.24) is 4.31 Å². The first-order valence-electron chi connectivity index (χ1n) is 7.35. The van der Waals surface area contributed by atoms with E-state index >= 15 is 0 Å². The van der Waals surface area contributed by atoms with Crippen LogP contribution in [0.25, 0.3) is 0 Å². The van der Waals surface area contributed by atoms with Gasteiger partial charge in [0.2, 0.25) is 10.0 Å². The second kappa shape index (κ2) is 6.70. The fraction of sp³-hybridized carbons (Fsp3) is 0.600. The first-order chi connectivity index (χ1) is 9.55. The molecule has 0 unspecified atom stereocenters. The highest BCUT2D eigenvalue weighted by Crippen LogP contribution is 2.23. The number of rotatable bonds is 3. The van der Waals surface area contributed by atoms with Crippen molar-refractivity contribution in [2.75, 3.05) is 13.1 Å². The lowest BCUT2D eigenvalue weighted by Gasteiger charge is -2.25. The minimum absolute atomic E-state index is 0.364. The van der Waals surface area contributed by atoms with E-state index in [1.54, 1.807) is 10.4 Å². The van der Waals surface area contributed by atoms with Crippen LogP contribution in [-0.4, -0.2) is 25.8 Å². The molecule has 1 fully saturated rings. The summed E-state index contributed by atoms with van der Waals surface area (Å²) in [4.78, 5) is 0.418. The van der Waals surface area contributed by atoms with E-state index in [0.717, 1.165) is 36.8 Å². The minimum Gasteiger partial charge on any atom is -0.326 e. The summed E-state index contributed by atoms with van der Waals surface area (Å²) in [6, 6.07) is 5.46. The largest absolute Gasteiger partial charge is 0.326 e. The molecule has 20 heavy (non-hydrogen) atoms. The quantitative estimate of drug-likeness (QED) is 0.931.